The van der Waals surface area contributed by atoms with Gasteiger partial charge >= 0.3 is 6.03 Å². The summed E-state index contributed by atoms with van der Waals surface area (Å²) in [7, 11) is 0. The highest BCUT2D eigenvalue weighted by atomic mass is 19.1. The maximum Gasteiger partial charge on any atom is 0.319 e. The highest BCUT2D eigenvalue weighted by molar-refractivity contribution is 6.02. The van der Waals surface area contributed by atoms with E-state index in [0.717, 1.165) is 0 Å². The molecule has 0 radical (unpaired) electrons. The van der Waals surface area contributed by atoms with E-state index >= 15 is 0 Å². The van der Waals surface area contributed by atoms with Gasteiger partial charge in [0.25, 0.3) is 0 Å². The number of carbonyl (C=O) groups excluding carboxylic acids is 2. The van der Waals surface area contributed by atoms with E-state index in [1.165, 1.54) is 53.4 Å². The number of benzene rings is 2. The van der Waals surface area contributed by atoms with E-state index in [-0.39, 0.29) is 11.7 Å². The van der Waals surface area contributed by atoms with Crippen molar-refractivity contribution in [1.82, 2.24) is 5.32 Å². The van der Waals surface area contributed by atoms with Gasteiger partial charge in [-0.3, -0.25) is 4.79 Å². The molecule has 1 unspecified atom stereocenters. The number of hydrogen-bond donors (Lipinski definition) is 2. The normalized spacial score (nSPS) is 17.0. The Hall–Kier alpha value is -2.96. The van der Waals surface area contributed by atoms with E-state index in [1.807, 2.05) is 0 Å². The van der Waals surface area contributed by atoms with Crippen molar-refractivity contribution in [3.05, 3.63) is 60.2 Å². The summed E-state index contributed by atoms with van der Waals surface area (Å²) in [4.78, 5) is 25.8. The molecule has 1 saturated heterocycles. The Labute approximate surface area is 137 Å². The van der Waals surface area contributed by atoms with Gasteiger partial charge in [0.2, 0.25) is 5.91 Å². The molecular weight excluding hydrogens is 316 g/mol. The fourth-order valence-corrected chi connectivity index (χ4v) is 2.55. The Bertz CT molecular complexity index is 747. The minimum Gasteiger partial charge on any atom is -0.326 e. The van der Waals surface area contributed by atoms with Gasteiger partial charge in [0.15, 0.2) is 0 Å². The third-order valence-electron chi connectivity index (χ3n) is 3.75. The molecule has 0 saturated carbocycles. The molecule has 7 heteroatoms. The number of nitrogens with one attached hydrogen (secondary N) is 2. The fraction of sp³-hybridized carbons (Fsp3) is 0.176. The van der Waals surface area contributed by atoms with Crippen LogP contribution in [0.5, 0.6) is 0 Å². The SMILES string of the molecule is O=C(Nc1ccc(F)cc1)NC1CCN(c2ccc(F)cc2)C1=O. The molecular formula is C17H15F2N3O2. The summed E-state index contributed by atoms with van der Waals surface area (Å²) in [6, 6.07) is 9.72. The highest BCUT2D eigenvalue weighted by Gasteiger charge is 2.33. The van der Waals surface area contributed by atoms with Crippen molar-refractivity contribution in [3.63, 3.8) is 0 Å². The second-order valence-electron chi connectivity index (χ2n) is 5.41. The van der Waals surface area contributed by atoms with Crippen molar-refractivity contribution < 1.29 is 18.4 Å². The average Bonchev–Trinajstić information content (AvgIpc) is 2.91. The molecule has 24 heavy (non-hydrogen) atoms. The minimum absolute atomic E-state index is 0.254. The minimum atomic E-state index is -0.657. The zero-order chi connectivity index (χ0) is 17.1. The van der Waals surface area contributed by atoms with Crippen LogP contribution in [0.4, 0.5) is 25.0 Å². The van der Waals surface area contributed by atoms with Gasteiger partial charge < -0.3 is 15.5 Å². The molecule has 0 spiro atoms. The third kappa shape index (κ3) is 3.51. The number of carbonyl (C=O) groups is 2. The van der Waals surface area contributed by atoms with Crippen molar-refractivity contribution >= 4 is 23.3 Å². The van der Waals surface area contributed by atoms with Crippen molar-refractivity contribution in [1.29, 1.82) is 0 Å². The Balaban J connectivity index is 1.60. The van der Waals surface area contributed by atoms with Gasteiger partial charge in [0.1, 0.15) is 17.7 Å². The van der Waals surface area contributed by atoms with Crippen LogP contribution in [0.25, 0.3) is 0 Å². The lowest BCUT2D eigenvalue weighted by molar-refractivity contribution is -0.118. The van der Waals surface area contributed by atoms with Crippen molar-refractivity contribution in [2.45, 2.75) is 12.5 Å². The summed E-state index contributed by atoms with van der Waals surface area (Å²) in [5, 5.41) is 5.14. The molecule has 1 heterocycles. The van der Waals surface area contributed by atoms with E-state index in [4.69, 9.17) is 0 Å². The second-order valence-corrected chi connectivity index (χ2v) is 5.41. The van der Waals surface area contributed by atoms with Crippen LogP contribution >= 0.6 is 0 Å². The monoisotopic (exact) mass is 331 g/mol. The lowest BCUT2D eigenvalue weighted by Gasteiger charge is -2.17. The van der Waals surface area contributed by atoms with Crippen molar-refractivity contribution in [2.24, 2.45) is 0 Å². The van der Waals surface area contributed by atoms with Gasteiger partial charge in [-0.25, -0.2) is 13.6 Å². The molecule has 2 N–H and O–H groups in total. The molecule has 3 rings (SSSR count). The predicted octanol–water partition coefficient (Wildman–Crippen LogP) is 2.89. The molecule has 1 atom stereocenters. The van der Waals surface area contributed by atoms with Crippen LogP contribution < -0.4 is 15.5 Å². The van der Waals surface area contributed by atoms with E-state index in [9.17, 15) is 18.4 Å². The standard InChI is InChI=1S/C17H15F2N3O2/c18-11-1-5-13(6-2-11)20-17(24)21-15-9-10-22(16(15)23)14-7-3-12(19)4-8-14/h1-8,15H,9-10H2,(H2,20,21,24). The largest absolute Gasteiger partial charge is 0.326 e. The smallest absolute Gasteiger partial charge is 0.319 e. The summed E-state index contributed by atoms with van der Waals surface area (Å²) >= 11 is 0. The van der Waals surface area contributed by atoms with Crippen molar-refractivity contribution in [3.8, 4) is 0 Å². The fourth-order valence-electron chi connectivity index (χ4n) is 2.55. The zero-order valence-corrected chi connectivity index (χ0v) is 12.6. The molecule has 0 bridgehead atoms. The quantitative estimate of drug-likeness (QED) is 0.908. The second kappa shape index (κ2) is 6.66. The van der Waals surface area contributed by atoms with Crippen LogP contribution in [0.1, 0.15) is 6.42 Å². The first-order valence-corrected chi connectivity index (χ1v) is 7.43. The predicted molar refractivity (Wildman–Crippen MR) is 85.7 cm³/mol. The number of urea groups is 1. The van der Waals surface area contributed by atoms with Gasteiger partial charge in [-0.2, -0.15) is 0 Å². The number of halogens is 2. The van der Waals surface area contributed by atoms with Crippen molar-refractivity contribution in [2.75, 3.05) is 16.8 Å². The summed E-state index contributed by atoms with van der Waals surface area (Å²) in [6.45, 7) is 0.436. The number of hydrogen-bond acceptors (Lipinski definition) is 2. The average molecular weight is 331 g/mol. The Morgan fingerprint density at radius 2 is 1.58 bits per heavy atom. The first-order chi connectivity index (χ1) is 11.5. The number of anilines is 2. The Morgan fingerprint density at radius 1 is 1.00 bits per heavy atom. The summed E-state index contributed by atoms with van der Waals surface area (Å²) in [5.41, 5.74) is 1.01. The first kappa shape index (κ1) is 15.9. The van der Waals surface area contributed by atoms with E-state index < -0.39 is 17.9 Å². The molecule has 1 aliphatic heterocycles. The van der Waals surface area contributed by atoms with Gasteiger partial charge in [0.05, 0.1) is 0 Å². The molecule has 3 amide bonds. The molecule has 1 aliphatic rings. The molecule has 1 fully saturated rings. The first-order valence-electron chi connectivity index (χ1n) is 7.43. The van der Waals surface area contributed by atoms with Gasteiger partial charge in [-0.1, -0.05) is 0 Å². The van der Waals surface area contributed by atoms with Crippen LogP contribution in [0.2, 0.25) is 0 Å². The number of nitrogens with zero attached hydrogens (tertiary/aromatic N) is 1. The highest BCUT2D eigenvalue weighted by Crippen LogP contribution is 2.22. The molecule has 5 nitrogen and oxygen atoms in total. The zero-order valence-electron chi connectivity index (χ0n) is 12.6. The van der Waals surface area contributed by atoms with Gasteiger partial charge in [0, 0.05) is 17.9 Å². The molecule has 2 aromatic rings. The third-order valence-corrected chi connectivity index (χ3v) is 3.75. The van der Waals surface area contributed by atoms with Gasteiger partial charge in [-0.05, 0) is 55.0 Å². The number of rotatable bonds is 3. The maximum absolute atomic E-state index is 13.0. The van der Waals surface area contributed by atoms with Crippen LogP contribution in [0.3, 0.4) is 0 Å². The van der Waals surface area contributed by atoms with Crippen LogP contribution in [-0.2, 0) is 4.79 Å². The van der Waals surface area contributed by atoms with E-state index in [1.54, 1.807) is 0 Å². The van der Waals surface area contributed by atoms with Crippen LogP contribution in [0.15, 0.2) is 48.5 Å². The van der Waals surface area contributed by atoms with E-state index in [2.05, 4.69) is 10.6 Å². The molecule has 124 valence electrons. The lowest BCUT2D eigenvalue weighted by Crippen LogP contribution is -2.43. The summed E-state index contributed by atoms with van der Waals surface area (Å²) < 4.78 is 25.8. The van der Waals surface area contributed by atoms with E-state index in [0.29, 0.717) is 24.3 Å². The lowest BCUT2D eigenvalue weighted by atomic mass is 10.2. The summed E-state index contributed by atoms with van der Waals surface area (Å²) in [5.74, 6) is -1.03. The van der Waals surface area contributed by atoms with Crippen LogP contribution in [0, 0.1) is 11.6 Å². The molecule has 2 aromatic carbocycles. The molecule has 0 aliphatic carbocycles. The topological polar surface area (TPSA) is 61.4 Å². The summed E-state index contributed by atoms with van der Waals surface area (Å²) in [6.07, 6.45) is 0.451. The Kier molecular flexibility index (Phi) is 4.41. The number of amides is 3. The molecule has 0 aromatic heterocycles. The van der Waals surface area contributed by atoms with Gasteiger partial charge in [-0.15, -0.1) is 0 Å². The van der Waals surface area contributed by atoms with Crippen LogP contribution in [-0.4, -0.2) is 24.5 Å². The Morgan fingerprint density at radius 3 is 2.21 bits per heavy atom. The maximum atomic E-state index is 13.0.